The number of rotatable bonds is 8. The number of aromatic nitrogens is 4. The van der Waals surface area contributed by atoms with Gasteiger partial charge in [0.05, 0.1) is 24.2 Å². The lowest BCUT2D eigenvalue weighted by molar-refractivity contribution is -0.0796. The van der Waals surface area contributed by atoms with Crippen molar-refractivity contribution < 1.29 is 33.8 Å². The Morgan fingerprint density at radius 1 is 1.12 bits per heavy atom. The fraction of sp³-hybridized carbons (Fsp3) is 0.444. The molecule has 0 radical (unpaired) electrons. The number of aliphatic hydroxyl groups is 3. The van der Waals surface area contributed by atoms with Crippen molar-refractivity contribution in [1.29, 1.82) is 0 Å². The third kappa shape index (κ3) is 4.94. The summed E-state index contributed by atoms with van der Waals surface area (Å²) in [6.45, 7) is 2.49. The van der Waals surface area contributed by atoms with E-state index in [1.165, 1.54) is 4.57 Å². The molecule has 2 aliphatic rings. The van der Waals surface area contributed by atoms with E-state index in [4.69, 9.17) is 0 Å². The third-order valence-electron chi connectivity index (χ3n) is 5.02. The van der Waals surface area contributed by atoms with Crippen LogP contribution in [0.2, 0.25) is 0 Å². The molecule has 1 aromatic rings. The highest BCUT2D eigenvalue weighted by Gasteiger charge is 2.30. The molecule has 13 nitrogen and oxygen atoms in total. The first-order valence-corrected chi connectivity index (χ1v) is 10.9. The van der Waals surface area contributed by atoms with Gasteiger partial charge in [0.25, 0.3) is 5.56 Å². The van der Waals surface area contributed by atoms with Crippen LogP contribution in [0.1, 0.15) is 11.1 Å². The minimum atomic E-state index is -4.40. The first-order chi connectivity index (χ1) is 14.9. The molecule has 14 heteroatoms. The van der Waals surface area contributed by atoms with Crippen LogP contribution in [0.3, 0.4) is 0 Å². The molecule has 2 aliphatic heterocycles. The average Bonchev–Trinajstić information content (AvgIpc) is 2.73. The van der Waals surface area contributed by atoms with Gasteiger partial charge in [-0.1, -0.05) is 0 Å². The molecule has 4 atom stereocenters. The van der Waals surface area contributed by atoms with Crippen LogP contribution < -0.4 is 11.2 Å². The monoisotopic (exact) mass is 470 g/mol. The van der Waals surface area contributed by atoms with E-state index in [-0.39, 0.29) is 11.5 Å². The molecule has 1 aromatic carbocycles. The smallest absolute Gasteiger partial charge is 0.388 e. The quantitative estimate of drug-likeness (QED) is 0.201. The number of nitrogens with zero attached hydrogens (tertiary/aromatic N) is 3. The van der Waals surface area contributed by atoms with E-state index >= 15 is 0 Å². The summed E-state index contributed by atoms with van der Waals surface area (Å²) in [4.78, 5) is 43.4. The van der Waals surface area contributed by atoms with Crippen molar-refractivity contribution in [2.45, 2.75) is 38.7 Å². The second kappa shape index (κ2) is 9.16. The predicted molar refractivity (Wildman–Crippen MR) is 111 cm³/mol. The Kier molecular flexibility index (Phi) is 6.91. The van der Waals surface area contributed by atoms with Crippen molar-refractivity contribution in [2.24, 2.45) is 0 Å². The fourth-order valence-electron chi connectivity index (χ4n) is 3.11. The summed E-state index contributed by atoms with van der Waals surface area (Å²) in [5.41, 5.74) is 0.736. The van der Waals surface area contributed by atoms with Gasteiger partial charge in [-0.15, -0.1) is 0 Å². The summed E-state index contributed by atoms with van der Waals surface area (Å²) in [6, 6.07) is 3.45. The van der Waals surface area contributed by atoms with Crippen LogP contribution in [0, 0.1) is 13.8 Å². The average molecular weight is 470 g/mol. The fourth-order valence-corrected chi connectivity index (χ4v) is 3.55. The molecule has 0 spiro atoms. The summed E-state index contributed by atoms with van der Waals surface area (Å²) in [5.74, 6) is -0.120. The van der Waals surface area contributed by atoms with Gasteiger partial charge in [0.1, 0.15) is 18.3 Å². The van der Waals surface area contributed by atoms with Crippen LogP contribution in [0.25, 0.3) is 22.6 Å². The lowest BCUT2D eigenvalue weighted by atomic mass is 10.1. The summed E-state index contributed by atoms with van der Waals surface area (Å²) in [5, 5.41) is 30.9. The van der Waals surface area contributed by atoms with Crippen molar-refractivity contribution in [3.05, 3.63) is 44.1 Å². The molecule has 0 fully saturated rings. The second-order valence-electron chi connectivity index (χ2n) is 7.26. The van der Waals surface area contributed by atoms with Crippen molar-refractivity contribution in [2.75, 3.05) is 13.7 Å². The van der Waals surface area contributed by atoms with Gasteiger partial charge in [-0.3, -0.25) is 18.8 Å². The topological polar surface area (TPSA) is 197 Å². The maximum absolute atomic E-state index is 12.3. The number of phosphoric acid groups is 1. The van der Waals surface area contributed by atoms with Crippen molar-refractivity contribution in [1.82, 2.24) is 19.5 Å². The van der Waals surface area contributed by atoms with Gasteiger partial charge in [-0.05, 0) is 37.1 Å². The molecule has 1 unspecified atom stereocenters. The van der Waals surface area contributed by atoms with Gasteiger partial charge in [0.2, 0.25) is 0 Å². The van der Waals surface area contributed by atoms with E-state index in [0.29, 0.717) is 11.0 Å². The first kappa shape index (κ1) is 24.1. The number of fused-ring (bicyclic) bond motifs is 2. The number of nitrogens with one attached hydrogen (secondary N) is 1. The minimum Gasteiger partial charge on any atom is -0.388 e. The molecule has 0 bridgehead atoms. The molecule has 2 heterocycles. The number of aryl methyl sites for hydroxylation is 2. The maximum atomic E-state index is 12.3. The maximum Gasteiger partial charge on any atom is 0.472 e. The first-order valence-electron chi connectivity index (χ1n) is 9.42. The number of aliphatic hydroxyl groups excluding tert-OH is 3. The Balaban J connectivity index is 2.02. The van der Waals surface area contributed by atoms with Gasteiger partial charge in [-0.2, -0.15) is 4.98 Å². The van der Waals surface area contributed by atoms with Gasteiger partial charge < -0.3 is 24.8 Å². The van der Waals surface area contributed by atoms with Crippen LogP contribution in [-0.4, -0.2) is 71.8 Å². The number of hydrogen-bond donors (Lipinski definition) is 5. The molecule has 0 amide bonds. The highest BCUT2D eigenvalue weighted by atomic mass is 31.2. The minimum absolute atomic E-state index is 0.120. The molecule has 3 rings (SSSR count). The van der Waals surface area contributed by atoms with Crippen molar-refractivity contribution >= 4 is 18.9 Å². The zero-order valence-corrected chi connectivity index (χ0v) is 18.3. The summed E-state index contributed by atoms with van der Waals surface area (Å²) in [6.07, 6.45) is -5.22. The van der Waals surface area contributed by atoms with E-state index in [1.807, 2.05) is 18.8 Å². The molecular weight excluding hydrogens is 447 g/mol. The largest absolute Gasteiger partial charge is 0.472 e. The lowest BCUT2D eigenvalue weighted by Crippen LogP contribution is -2.42. The SMILES string of the molecule is COP(=O)(O)OC[C@H](O)[C@H](O)[C@H](O)Cn1c2nc(=O)[nH]c(=O)c-2nc2cc(C)c(C)cc21. The Labute approximate surface area is 180 Å². The molecule has 0 saturated carbocycles. The molecule has 0 aliphatic carbocycles. The third-order valence-corrected chi connectivity index (χ3v) is 5.96. The van der Waals surface area contributed by atoms with Crippen LogP contribution in [-0.2, 0) is 20.2 Å². The highest BCUT2D eigenvalue weighted by molar-refractivity contribution is 7.47. The normalized spacial score (nSPS) is 16.7. The molecule has 0 aromatic heterocycles. The van der Waals surface area contributed by atoms with Gasteiger partial charge >= 0.3 is 13.5 Å². The van der Waals surface area contributed by atoms with E-state index in [9.17, 15) is 34.4 Å². The number of aromatic amines is 1. The van der Waals surface area contributed by atoms with Crippen LogP contribution in [0.5, 0.6) is 0 Å². The Hall–Kier alpha value is -2.51. The molecule has 0 saturated heterocycles. The predicted octanol–water partition coefficient (Wildman–Crippen LogP) is -0.952. The number of phosphoric ester groups is 1. The number of H-pyrrole nitrogens is 1. The molecule has 32 heavy (non-hydrogen) atoms. The van der Waals surface area contributed by atoms with Gasteiger partial charge in [0, 0.05) is 7.11 Å². The van der Waals surface area contributed by atoms with Gasteiger partial charge in [-0.25, -0.2) is 14.3 Å². The van der Waals surface area contributed by atoms with E-state index in [0.717, 1.165) is 18.2 Å². The summed E-state index contributed by atoms with van der Waals surface area (Å²) in [7, 11) is -3.47. The van der Waals surface area contributed by atoms with E-state index in [1.54, 1.807) is 12.1 Å². The number of benzene rings is 1. The summed E-state index contributed by atoms with van der Waals surface area (Å²) >= 11 is 0. The Morgan fingerprint density at radius 2 is 1.78 bits per heavy atom. The number of hydrogen-bond acceptors (Lipinski definition) is 10. The standard InChI is InChI=1S/C18H23N4O9P/c1-8-4-10-11(5-9(8)2)22(16-14(19-10)17(26)21-18(27)20-16)6-12(23)15(25)13(24)7-31-32(28,29)30-3/h4-5,12-13,15,23-25H,6-7H2,1-3H3,(H,28,29)(H,21,26,27)/t12-,13+,15-/m1/s1. The lowest BCUT2D eigenvalue weighted by Gasteiger charge is -2.26. The Morgan fingerprint density at radius 3 is 2.44 bits per heavy atom. The second-order valence-corrected chi connectivity index (χ2v) is 8.82. The van der Waals surface area contributed by atoms with E-state index in [2.05, 4.69) is 19.0 Å². The summed E-state index contributed by atoms with van der Waals surface area (Å²) < 4.78 is 21.4. The van der Waals surface area contributed by atoms with Gasteiger partial charge in [0.15, 0.2) is 11.5 Å². The molecular formula is C18H23N4O9P. The van der Waals surface area contributed by atoms with Crippen LogP contribution >= 0.6 is 7.82 Å². The van der Waals surface area contributed by atoms with E-state index < -0.39 is 50.5 Å². The zero-order valence-electron chi connectivity index (χ0n) is 17.4. The van der Waals surface area contributed by atoms with Crippen molar-refractivity contribution in [3.63, 3.8) is 0 Å². The van der Waals surface area contributed by atoms with Crippen LogP contribution in [0.15, 0.2) is 21.7 Å². The zero-order chi connectivity index (χ0) is 23.8. The molecule has 174 valence electrons. The Bertz CT molecular complexity index is 1270. The van der Waals surface area contributed by atoms with Crippen LogP contribution in [0.4, 0.5) is 0 Å². The molecule has 5 N–H and O–H groups in total. The van der Waals surface area contributed by atoms with Crippen molar-refractivity contribution in [3.8, 4) is 11.5 Å². The highest BCUT2D eigenvalue weighted by Crippen LogP contribution is 2.42.